The number of hydrazine groups is 1. The summed E-state index contributed by atoms with van der Waals surface area (Å²) in [6.45, 7) is 12.4. The second kappa shape index (κ2) is 14.5. The standard InChI is InChI=1S/C14H34N3O.ClH/c1-4-7-10-17(11-8-5-2,12-9-6-3)13-14-18-16-15;/h16H,4-15H2,1-3H3;1H/q+1;/p-1. The van der Waals surface area contributed by atoms with Crippen LogP contribution in [-0.2, 0) is 4.84 Å². The molecule has 0 aliphatic rings. The zero-order valence-corrected chi connectivity index (χ0v) is 13.8. The van der Waals surface area contributed by atoms with Crippen LogP contribution in [0.3, 0.4) is 0 Å². The number of rotatable bonds is 13. The van der Waals surface area contributed by atoms with E-state index in [1.54, 1.807) is 0 Å². The summed E-state index contributed by atoms with van der Waals surface area (Å²) in [6.07, 6.45) is 7.74. The fourth-order valence-electron chi connectivity index (χ4n) is 2.45. The minimum atomic E-state index is 0. The first kappa shape index (κ1) is 21.4. The van der Waals surface area contributed by atoms with Crippen LogP contribution >= 0.6 is 0 Å². The van der Waals surface area contributed by atoms with Gasteiger partial charge in [-0.1, -0.05) is 40.0 Å². The Bertz CT molecular complexity index is 160. The molecule has 4 nitrogen and oxygen atoms in total. The van der Waals surface area contributed by atoms with Crippen molar-refractivity contribution >= 4 is 0 Å². The molecule has 0 aliphatic heterocycles. The second-order valence-electron chi connectivity index (χ2n) is 5.26. The third-order valence-electron chi connectivity index (χ3n) is 3.71. The van der Waals surface area contributed by atoms with Crippen molar-refractivity contribution in [3.05, 3.63) is 0 Å². The van der Waals surface area contributed by atoms with E-state index < -0.39 is 0 Å². The molecule has 5 heteroatoms. The van der Waals surface area contributed by atoms with E-state index in [2.05, 4.69) is 26.4 Å². The highest BCUT2D eigenvalue weighted by molar-refractivity contribution is 4.48. The first-order valence-electron chi connectivity index (χ1n) is 7.67. The number of quaternary nitrogens is 1. The smallest absolute Gasteiger partial charge is 0.119 e. The van der Waals surface area contributed by atoms with Crippen LogP contribution in [0.2, 0.25) is 0 Å². The van der Waals surface area contributed by atoms with Gasteiger partial charge in [0.25, 0.3) is 0 Å². The minimum absolute atomic E-state index is 0. The van der Waals surface area contributed by atoms with Gasteiger partial charge in [0.15, 0.2) is 0 Å². The first-order valence-corrected chi connectivity index (χ1v) is 7.67. The predicted octanol–water partition coefficient (Wildman–Crippen LogP) is -0.398. The summed E-state index contributed by atoms with van der Waals surface area (Å²) in [5.74, 6) is 5.18. The summed E-state index contributed by atoms with van der Waals surface area (Å²) >= 11 is 0. The molecule has 0 atom stereocenters. The number of unbranched alkanes of at least 4 members (excludes halogenated alkanes) is 3. The number of hydrogen-bond donors (Lipinski definition) is 2. The molecule has 19 heavy (non-hydrogen) atoms. The van der Waals surface area contributed by atoms with E-state index in [0.29, 0.717) is 6.61 Å². The molecule has 0 rings (SSSR count). The van der Waals surface area contributed by atoms with Gasteiger partial charge in [0.05, 0.1) is 19.6 Å². The van der Waals surface area contributed by atoms with Crippen molar-refractivity contribution in [2.24, 2.45) is 5.84 Å². The van der Waals surface area contributed by atoms with Crippen molar-refractivity contribution in [1.82, 2.24) is 5.59 Å². The Balaban J connectivity index is 0. The SMILES string of the molecule is CCCC[N+](CCCC)(CCCC)CCONN.[Cl-]. The van der Waals surface area contributed by atoms with Gasteiger partial charge in [0.1, 0.15) is 13.2 Å². The Kier molecular flexibility index (Phi) is 16.4. The average molecular weight is 296 g/mol. The van der Waals surface area contributed by atoms with E-state index in [9.17, 15) is 0 Å². The van der Waals surface area contributed by atoms with Crippen LogP contribution in [0.15, 0.2) is 0 Å². The summed E-state index contributed by atoms with van der Waals surface area (Å²) in [7, 11) is 0. The van der Waals surface area contributed by atoms with Crippen molar-refractivity contribution in [1.29, 1.82) is 0 Å². The molecular weight excluding hydrogens is 262 g/mol. The Labute approximate surface area is 126 Å². The lowest BCUT2D eigenvalue weighted by Crippen LogP contribution is -3.00. The maximum Gasteiger partial charge on any atom is 0.119 e. The Morgan fingerprint density at radius 2 is 1.26 bits per heavy atom. The molecule has 0 radical (unpaired) electrons. The number of nitrogens with two attached hydrogens (primary N) is 1. The van der Waals surface area contributed by atoms with Crippen molar-refractivity contribution < 1.29 is 21.7 Å². The van der Waals surface area contributed by atoms with E-state index >= 15 is 0 Å². The molecule has 0 unspecified atom stereocenters. The second-order valence-corrected chi connectivity index (χ2v) is 5.26. The fraction of sp³-hybridized carbons (Fsp3) is 1.00. The largest absolute Gasteiger partial charge is 1.00 e. The van der Waals surface area contributed by atoms with Crippen molar-refractivity contribution in [2.45, 2.75) is 59.3 Å². The quantitative estimate of drug-likeness (QED) is 0.210. The lowest BCUT2D eigenvalue weighted by Gasteiger charge is -2.39. The molecule has 118 valence electrons. The van der Waals surface area contributed by atoms with Crippen LogP contribution in [0.4, 0.5) is 0 Å². The van der Waals surface area contributed by atoms with Gasteiger partial charge < -0.3 is 16.9 Å². The van der Waals surface area contributed by atoms with E-state index in [1.807, 2.05) is 0 Å². The zero-order valence-electron chi connectivity index (χ0n) is 13.1. The zero-order chi connectivity index (χ0) is 13.7. The number of nitrogens with zero attached hydrogens (tertiary/aromatic N) is 1. The molecular formula is C14H34ClN3O. The van der Waals surface area contributed by atoms with Gasteiger partial charge in [-0.05, 0) is 19.3 Å². The summed E-state index contributed by atoms with van der Waals surface area (Å²) in [5.41, 5.74) is 2.30. The van der Waals surface area contributed by atoms with Crippen LogP contribution in [0, 0.1) is 0 Å². The van der Waals surface area contributed by atoms with Crippen molar-refractivity contribution in [2.75, 3.05) is 32.8 Å². The summed E-state index contributed by atoms with van der Waals surface area (Å²) in [6, 6.07) is 0. The maximum absolute atomic E-state index is 5.18. The number of nitrogens with one attached hydrogen (secondary N) is 1. The highest BCUT2D eigenvalue weighted by atomic mass is 35.5. The highest BCUT2D eigenvalue weighted by Gasteiger charge is 2.25. The number of halogens is 1. The topological polar surface area (TPSA) is 47.3 Å². The van der Waals surface area contributed by atoms with Gasteiger partial charge >= 0.3 is 0 Å². The monoisotopic (exact) mass is 295 g/mol. The van der Waals surface area contributed by atoms with Gasteiger partial charge in [-0.25, -0.2) is 5.84 Å². The number of hydrogen-bond acceptors (Lipinski definition) is 3. The van der Waals surface area contributed by atoms with Gasteiger partial charge in [-0.15, -0.1) is 5.59 Å². The van der Waals surface area contributed by atoms with Crippen LogP contribution in [0.1, 0.15) is 59.3 Å². The van der Waals surface area contributed by atoms with Gasteiger partial charge in [0.2, 0.25) is 0 Å². The summed E-state index contributed by atoms with van der Waals surface area (Å²) in [5, 5.41) is 0. The normalized spacial score (nSPS) is 11.4. The third-order valence-corrected chi connectivity index (χ3v) is 3.71. The van der Waals surface area contributed by atoms with E-state index in [0.717, 1.165) is 6.54 Å². The Hall–Kier alpha value is 0.130. The first-order chi connectivity index (χ1) is 8.74. The molecule has 0 saturated heterocycles. The molecule has 0 aliphatic carbocycles. The molecule has 0 heterocycles. The van der Waals surface area contributed by atoms with Crippen LogP contribution in [0.5, 0.6) is 0 Å². The van der Waals surface area contributed by atoms with Gasteiger partial charge in [-0.2, -0.15) is 0 Å². The summed E-state index contributed by atoms with van der Waals surface area (Å²) in [4.78, 5) is 5.14. The Morgan fingerprint density at radius 1 is 0.842 bits per heavy atom. The van der Waals surface area contributed by atoms with Gasteiger partial charge in [0, 0.05) is 0 Å². The van der Waals surface area contributed by atoms with Crippen LogP contribution < -0.4 is 23.8 Å². The molecule has 0 aromatic heterocycles. The molecule has 0 aromatic carbocycles. The maximum atomic E-state index is 5.18. The van der Waals surface area contributed by atoms with E-state index in [1.165, 1.54) is 62.6 Å². The van der Waals surface area contributed by atoms with Crippen molar-refractivity contribution in [3.63, 3.8) is 0 Å². The molecule has 0 amide bonds. The molecule has 0 fully saturated rings. The predicted molar refractivity (Wildman–Crippen MR) is 77.7 cm³/mol. The molecule has 0 spiro atoms. The fourth-order valence-corrected chi connectivity index (χ4v) is 2.45. The molecule has 0 aromatic rings. The van der Waals surface area contributed by atoms with E-state index in [4.69, 9.17) is 10.7 Å². The van der Waals surface area contributed by atoms with Crippen molar-refractivity contribution in [3.8, 4) is 0 Å². The van der Waals surface area contributed by atoms with E-state index in [-0.39, 0.29) is 12.4 Å². The molecule has 0 saturated carbocycles. The lowest BCUT2D eigenvalue weighted by atomic mass is 10.1. The lowest BCUT2D eigenvalue weighted by molar-refractivity contribution is -0.929. The minimum Gasteiger partial charge on any atom is -1.00 e. The highest BCUT2D eigenvalue weighted by Crippen LogP contribution is 2.14. The van der Waals surface area contributed by atoms with Gasteiger partial charge in [-0.3, -0.25) is 4.84 Å². The Morgan fingerprint density at radius 3 is 1.58 bits per heavy atom. The van der Waals surface area contributed by atoms with Crippen LogP contribution in [-0.4, -0.2) is 37.3 Å². The van der Waals surface area contributed by atoms with Crippen LogP contribution in [0.25, 0.3) is 0 Å². The average Bonchev–Trinajstić information content (AvgIpc) is 2.40. The third kappa shape index (κ3) is 10.6. The summed E-state index contributed by atoms with van der Waals surface area (Å²) < 4.78 is 1.21. The molecule has 0 bridgehead atoms. The molecule has 3 N–H and O–H groups in total.